The van der Waals surface area contributed by atoms with Crippen molar-refractivity contribution in [1.82, 2.24) is 14.8 Å². The molecule has 2 aromatic rings. The Morgan fingerprint density at radius 3 is 3.00 bits per heavy atom. The Kier molecular flexibility index (Phi) is 6.41. The molecule has 0 aliphatic heterocycles. The highest BCUT2D eigenvalue weighted by Gasteiger charge is 2.04. The van der Waals surface area contributed by atoms with Gasteiger partial charge in [-0.05, 0) is 36.6 Å². The number of benzene rings is 1. The van der Waals surface area contributed by atoms with E-state index in [1.54, 1.807) is 12.7 Å². The molecule has 1 aromatic carbocycles. The van der Waals surface area contributed by atoms with Crippen LogP contribution in [0.2, 0.25) is 0 Å². The van der Waals surface area contributed by atoms with E-state index in [4.69, 9.17) is 5.73 Å². The Morgan fingerprint density at radius 1 is 1.43 bits per heavy atom. The van der Waals surface area contributed by atoms with Gasteiger partial charge in [0, 0.05) is 30.0 Å². The fraction of sp³-hybridized carbons (Fsp3) is 0.333. The largest absolute Gasteiger partial charge is 0.398 e. The Balaban J connectivity index is 1.97. The van der Waals surface area contributed by atoms with E-state index in [0.717, 1.165) is 54.9 Å². The Morgan fingerprint density at radius 2 is 2.30 bits per heavy atom. The van der Waals surface area contributed by atoms with Crippen LogP contribution >= 0.6 is 0 Å². The van der Waals surface area contributed by atoms with E-state index in [2.05, 4.69) is 41.0 Å². The molecular weight excluding hydrogens is 286 g/mol. The summed E-state index contributed by atoms with van der Waals surface area (Å²) in [5.74, 6) is 0. The maximum absolute atomic E-state index is 6.12. The summed E-state index contributed by atoms with van der Waals surface area (Å²) in [5, 5.41) is 7.52. The van der Waals surface area contributed by atoms with Crippen LogP contribution in [0.3, 0.4) is 0 Å². The highest BCUT2D eigenvalue weighted by Crippen LogP contribution is 2.26. The number of hydrogen-bond acceptors (Lipinski definition) is 4. The fourth-order valence-electron chi connectivity index (χ4n) is 2.34. The first kappa shape index (κ1) is 16.8. The number of anilines is 2. The van der Waals surface area contributed by atoms with Crippen LogP contribution in [0, 0.1) is 0 Å². The minimum Gasteiger partial charge on any atom is -0.398 e. The smallest absolute Gasteiger partial charge is 0.137 e. The summed E-state index contributed by atoms with van der Waals surface area (Å²) in [5.41, 5.74) is 10.1. The van der Waals surface area contributed by atoms with Gasteiger partial charge in [-0.1, -0.05) is 32.1 Å². The van der Waals surface area contributed by atoms with Crippen LogP contribution in [-0.2, 0) is 6.54 Å². The molecule has 0 bridgehead atoms. The van der Waals surface area contributed by atoms with E-state index in [-0.39, 0.29) is 0 Å². The second-order valence-corrected chi connectivity index (χ2v) is 5.39. The van der Waals surface area contributed by atoms with Crippen molar-refractivity contribution in [2.45, 2.75) is 32.7 Å². The number of nitrogens with zero attached hydrogens (tertiary/aromatic N) is 3. The van der Waals surface area contributed by atoms with Gasteiger partial charge in [-0.25, -0.2) is 4.98 Å². The molecule has 2 rings (SSSR count). The summed E-state index contributed by atoms with van der Waals surface area (Å²) >= 11 is 0. The summed E-state index contributed by atoms with van der Waals surface area (Å²) < 4.78 is 1.83. The van der Waals surface area contributed by atoms with Gasteiger partial charge in [-0.3, -0.25) is 4.68 Å². The molecule has 0 unspecified atom stereocenters. The van der Waals surface area contributed by atoms with Gasteiger partial charge in [0.05, 0.1) is 0 Å². The van der Waals surface area contributed by atoms with Crippen molar-refractivity contribution < 1.29 is 0 Å². The number of nitrogens with two attached hydrogens (primary N) is 1. The molecule has 3 N–H and O–H groups in total. The highest BCUT2D eigenvalue weighted by atomic mass is 15.3. The van der Waals surface area contributed by atoms with E-state index in [1.165, 1.54) is 0 Å². The van der Waals surface area contributed by atoms with Crippen LogP contribution in [0.5, 0.6) is 0 Å². The maximum atomic E-state index is 6.12. The van der Waals surface area contributed by atoms with E-state index < -0.39 is 0 Å². The van der Waals surface area contributed by atoms with Crippen molar-refractivity contribution in [2.24, 2.45) is 0 Å². The third-order valence-electron chi connectivity index (χ3n) is 3.60. The van der Waals surface area contributed by atoms with Gasteiger partial charge < -0.3 is 11.1 Å². The zero-order valence-corrected chi connectivity index (χ0v) is 13.7. The molecule has 0 amide bonds. The summed E-state index contributed by atoms with van der Waals surface area (Å²) in [6, 6.07) is 6.04. The zero-order valence-electron chi connectivity index (χ0n) is 13.7. The second-order valence-electron chi connectivity index (χ2n) is 5.39. The molecule has 0 spiro atoms. The van der Waals surface area contributed by atoms with Gasteiger partial charge >= 0.3 is 0 Å². The summed E-state index contributed by atoms with van der Waals surface area (Å²) in [6.07, 6.45) is 10.5. The Bertz CT molecular complexity index is 643. The molecule has 5 heteroatoms. The monoisotopic (exact) mass is 311 g/mol. The van der Waals surface area contributed by atoms with Gasteiger partial charge in [0.15, 0.2) is 0 Å². The quantitative estimate of drug-likeness (QED) is 0.420. The number of nitrogen functional groups attached to an aromatic ring is 1. The first-order valence-corrected chi connectivity index (χ1v) is 8.03. The van der Waals surface area contributed by atoms with Crippen molar-refractivity contribution in [3.05, 3.63) is 55.1 Å². The van der Waals surface area contributed by atoms with Gasteiger partial charge in [0.2, 0.25) is 0 Å². The standard InChI is InChI=1S/C18H25N5/c1-3-5-7-15(4-2)17-12-16(8-9-18(17)19)21-10-6-11-23-14-20-13-22-23/h4,7-9,12-14,21H,2-3,5-6,10-11,19H2,1H3/b15-7+. The van der Waals surface area contributed by atoms with Crippen molar-refractivity contribution in [3.8, 4) is 0 Å². The van der Waals surface area contributed by atoms with Crippen LogP contribution in [-0.4, -0.2) is 21.3 Å². The van der Waals surface area contributed by atoms with Crippen LogP contribution < -0.4 is 11.1 Å². The maximum Gasteiger partial charge on any atom is 0.137 e. The molecule has 0 atom stereocenters. The minimum atomic E-state index is 0.778. The van der Waals surface area contributed by atoms with Crippen LogP contribution in [0.4, 0.5) is 11.4 Å². The molecule has 0 saturated carbocycles. The lowest BCUT2D eigenvalue weighted by atomic mass is 10.0. The zero-order chi connectivity index (χ0) is 16.5. The lowest BCUT2D eigenvalue weighted by Crippen LogP contribution is -2.07. The summed E-state index contributed by atoms with van der Waals surface area (Å²) in [4.78, 5) is 3.94. The van der Waals surface area contributed by atoms with Crippen molar-refractivity contribution in [3.63, 3.8) is 0 Å². The first-order chi connectivity index (χ1) is 11.2. The number of unbranched alkanes of at least 4 members (excludes halogenated alkanes) is 1. The molecule has 0 radical (unpaired) electrons. The number of nitrogens with one attached hydrogen (secondary N) is 1. The van der Waals surface area contributed by atoms with Crippen LogP contribution in [0.1, 0.15) is 31.7 Å². The average Bonchev–Trinajstić information content (AvgIpc) is 3.08. The summed E-state index contributed by atoms with van der Waals surface area (Å²) in [6.45, 7) is 7.78. The molecule has 1 aromatic heterocycles. The number of aromatic nitrogens is 3. The van der Waals surface area contributed by atoms with E-state index in [9.17, 15) is 0 Å². The SMILES string of the molecule is C=C/C(=C\CCC)c1cc(NCCCn2cncn2)ccc1N. The minimum absolute atomic E-state index is 0.778. The predicted octanol–water partition coefficient (Wildman–Crippen LogP) is 3.73. The molecule has 0 aliphatic rings. The lowest BCUT2D eigenvalue weighted by Gasteiger charge is -2.12. The van der Waals surface area contributed by atoms with Crippen molar-refractivity contribution in [1.29, 1.82) is 0 Å². The molecular formula is C18H25N5. The average molecular weight is 311 g/mol. The van der Waals surface area contributed by atoms with Crippen LogP contribution in [0.25, 0.3) is 5.57 Å². The number of hydrogen-bond donors (Lipinski definition) is 2. The summed E-state index contributed by atoms with van der Waals surface area (Å²) in [7, 11) is 0. The molecule has 1 heterocycles. The van der Waals surface area contributed by atoms with Gasteiger partial charge in [0.25, 0.3) is 0 Å². The van der Waals surface area contributed by atoms with Crippen molar-refractivity contribution >= 4 is 16.9 Å². The third-order valence-corrected chi connectivity index (χ3v) is 3.60. The molecule has 0 aliphatic carbocycles. The first-order valence-electron chi connectivity index (χ1n) is 8.03. The highest BCUT2D eigenvalue weighted by molar-refractivity contribution is 5.82. The number of aryl methyl sites for hydroxylation is 1. The topological polar surface area (TPSA) is 68.8 Å². The van der Waals surface area contributed by atoms with E-state index >= 15 is 0 Å². The second kappa shape index (κ2) is 8.78. The molecule has 0 saturated heterocycles. The fourth-order valence-corrected chi connectivity index (χ4v) is 2.34. The van der Waals surface area contributed by atoms with Gasteiger partial charge in [-0.2, -0.15) is 5.10 Å². The molecule has 0 fully saturated rings. The van der Waals surface area contributed by atoms with E-state index in [0.29, 0.717) is 0 Å². The van der Waals surface area contributed by atoms with Crippen LogP contribution in [0.15, 0.2) is 49.6 Å². The third kappa shape index (κ3) is 4.98. The number of allylic oxidation sites excluding steroid dienone is 3. The van der Waals surface area contributed by atoms with Crippen molar-refractivity contribution in [2.75, 3.05) is 17.6 Å². The van der Waals surface area contributed by atoms with Gasteiger partial charge in [0.1, 0.15) is 12.7 Å². The Hall–Kier alpha value is -2.56. The van der Waals surface area contributed by atoms with Gasteiger partial charge in [-0.15, -0.1) is 0 Å². The molecule has 23 heavy (non-hydrogen) atoms. The number of rotatable bonds is 9. The molecule has 122 valence electrons. The molecule has 5 nitrogen and oxygen atoms in total. The Labute approximate surface area is 137 Å². The van der Waals surface area contributed by atoms with E-state index in [1.807, 2.05) is 22.9 Å². The lowest BCUT2D eigenvalue weighted by molar-refractivity contribution is 0.590. The normalized spacial score (nSPS) is 11.4. The predicted molar refractivity (Wildman–Crippen MR) is 97.1 cm³/mol.